The number of carbonyl (C=O) groups is 2. The molecule has 25 heavy (non-hydrogen) atoms. The number of amides is 1. The number of hydrogen-bond donors (Lipinski definition) is 1. The number of benzene rings is 1. The third kappa shape index (κ3) is 3.52. The number of hydrogen-bond acceptors (Lipinski definition) is 4. The second-order valence-electron chi connectivity index (χ2n) is 6.96. The normalized spacial score (nSPS) is 26.0. The van der Waals surface area contributed by atoms with Crippen LogP contribution in [-0.4, -0.2) is 73.2 Å². The van der Waals surface area contributed by atoms with Crippen molar-refractivity contribution < 1.29 is 23.8 Å². The van der Waals surface area contributed by atoms with Crippen molar-refractivity contribution in [2.75, 3.05) is 46.4 Å². The summed E-state index contributed by atoms with van der Waals surface area (Å²) in [6.45, 7) is 3.06. The summed E-state index contributed by atoms with van der Waals surface area (Å²) in [6, 6.07) is 5.83. The topological polar surface area (TPSA) is 70.1 Å². The predicted octanol–water partition coefficient (Wildman–Crippen LogP) is 0.860. The molecular formula is C18H23FN2O4. The molecule has 1 N–H and O–H groups in total. The van der Waals surface area contributed by atoms with E-state index in [2.05, 4.69) is 4.90 Å². The molecule has 2 aliphatic rings. The van der Waals surface area contributed by atoms with E-state index in [0.717, 1.165) is 5.56 Å². The van der Waals surface area contributed by atoms with Gasteiger partial charge in [0.1, 0.15) is 11.2 Å². The van der Waals surface area contributed by atoms with Crippen LogP contribution in [0, 0.1) is 17.2 Å². The first-order valence-corrected chi connectivity index (χ1v) is 8.41. The number of nitrogens with zero attached hydrogens (tertiary/aromatic N) is 2. The molecule has 2 fully saturated rings. The van der Waals surface area contributed by atoms with Gasteiger partial charge in [-0.2, -0.15) is 0 Å². The van der Waals surface area contributed by atoms with E-state index in [9.17, 15) is 19.1 Å². The molecule has 1 aromatic rings. The van der Waals surface area contributed by atoms with Gasteiger partial charge in [-0.3, -0.25) is 14.5 Å². The molecular weight excluding hydrogens is 327 g/mol. The molecule has 0 spiro atoms. The number of rotatable bonds is 6. The van der Waals surface area contributed by atoms with Crippen LogP contribution in [0.2, 0.25) is 0 Å². The molecule has 0 saturated carbocycles. The van der Waals surface area contributed by atoms with Crippen LogP contribution in [0.4, 0.5) is 4.39 Å². The second-order valence-corrected chi connectivity index (χ2v) is 6.96. The van der Waals surface area contributed by atoms with Crippen molar-refractivity contribution in [1.29, 1.82) is 0 Å². The van der Waals surface area contributed by atoms with E-state index in [4.69, 9.17) is 4.74 Å². The Balaban J connectivity index is 1.66. The van der Waals surface area contributed by atoms with E-state index >= 15 is 0 Å². The first-order chi connectivity index (χ1) is 11.9. The van der Waals surface area contributed by atoms with Crippen LogP contribution in [0.5, 0.6) is 0 Å². The smallest absolute Gasteiger partial charge is 0.313 e. The van der Waals surface area contributed by atoms with Crippen molar-refractivity contribution in [2.24, 2.45) is 11.3 Å². The van der Waals surface area contributed by atoms with Gasteiger partial charge in [0.15, 0.2) is 0 Å². The maximum atomic E-state index is 13.0. The molecule has 1 aromatic carbocycles. The zero-order chi connectivity index (χ0) is 18.0. The maximum absolute atomic E-state index is 13.0. The average Bonchev–Trinajstić information content (AvgIpc) is 3.10. The van der Waals surface area contributed by atoms with Crippen molar-refractivity contribution in [1.82, 2.24) is 9.80 Å². The highest BCUT2D eigenvalue weighted by atomic mass is 19.1. The van der Waals surface area contributed by atoms with Gasteiger partial charge in [-0.1, -0.05) is 12.1 Å². The number of likely N-dealkylation sites (tertiary alicyclic amines) is 2. The number of fused-ring (bicyclic) bond motifs is 1. The number of halogens is 1. The van der Waals surface area contributed by atoms with Crippen molar-refractivity contribution in [3.8, 4) is 0 Å². The number of carboxylic acids is 1. The first kappa shape index (κ1) is 17.8. The van der Waals surface area contributed by atoms with Crippen LogP contribution in [-0.2, 0) is 20.7 Å². The third-order valence-electron chi connectivity index (χ3n) is 5.34. The van der Waals surface area contributed by atoms with Crippen LogP contribution in [0.15, 0.2) is 24.3 Å². The zero-order valence-corrected chi connectivity index (χ0v) is 14.3. The lowest BCUT2D eigenvalue weighted by molar-refractivity contribution is -0.149. The number of methoxy groups -OCH3 is 1. The third-order valence-corrected chi connectivity index (χ3v) is 5.34. The van der Waals surface area contributed by atoms with E-state index in [0.29, 0.717) is 32.8 Å². The summed E-state index contributed by atoms with van der Waals surface area (Å²) in [6.07, 6.45) is 0.163. The van der Waals surface area contributed by atoms with E-state index < -0.39 is 11.4 Å². The van der Waals surface area contributed by atoms with Crippen LogP contribution < -0.4 is 0 Å². The second kappa shape index (κ2) is 7.09. The lowest BCUT2D eigenvalue weighted by Crippen LogP contribution is -2.42. The van der Waals surface area contributed by atoms with Gasteiger partial charge in [0.05, 0.1) is 13.0 Å². The minimum Gasteiger partial charge on any atom is -0.481 e. The number of ether oxygens (including phenoxy) is 1. The molecule has 2 heterocycles. The molecule has 7 heteroatoms. The molecule has 1 amide bonds. The van der Waals surface area contributed by atoms with E-state index in [1.54, 1.807) is 24.1 Å². The van der Waals surface area contributed by atoms with Crippen molar-refractivity contribution in [2.45, 2.75) is 6.42 Å². The summed E-state index contributed by atoms with van der Waals surface area (Å²) < 4.78 is 18.0. The summed E-state index contributed by atoms with van der Waals surface area (Å²) >= 11 is 0. The molecule has 6 nitrogen and oxygen atoms in total. The molecule has 0 radical (unpaired) electrons. The Morgan fingerprint density at radius 3 is 2.60 bits per heavy atom. The lowest BCUT2D eigenvalue weighted by atomic mass is 9.81. The van der Waals surface area contributed by atoms with Crippen LogP contribution >= 0.6 is 0 Å². The van der Waals surface area contributed by atoms with Gasteiger partial charge >= 0.3 is 5.97 Å². The van der Waals surface area contributed by atoms with Crippen molar-refractivity contribution >= 4 is 11.9 Å². The standard InChI is InChI=1S/C18H23FN2O4/c1-25-7-6-20-9-14-10-21(12-18(14,11-20)17(23)24)16(22)8-13-2-4-15(19)5-3-13/h2-5,14H,6-12H2,1H3,(H,23,24)/t14-,18-/m1/s1. The molecule has 2 atom stereocenters. The Labute approximate surface area is 146 Å². The number of carbonyl (C=O) groups excluding carboxylic acids is 1. The van der Waals surface area contributed by atoms with E-state index in [-0.39, 0.29) is 30.6 Å². The zero-order valence-electron chi connectivity index (χ0n) is 14.3. The minimum atomic E-state index is -0.897. The van der Waals surface area contributed by atoms with Gasteiger partial charge < -0.3 is 14.7 Å². The summed E-state index contributed by atoms with van der Waals surface area (Å²) in [5, 5.41) is 9.80. The van der Waals surface area contributed by atoms with Gasteiger partial charge in [0.2, 0.25) is 5.91 Å². The van der Waals surface area contributed by atoms with Crippen LogP contribution in [0.25, 0.3) is 0 Å². The van der Waals surface area contributed by atoms with Gasteiger partial charge in [0.25, 0.3) is 0 Å². The van der Waals surface area contributed by atoms with E-state index in [1.165, 1.54) is 12.1 Å². The van der Waals surface area contributed by atoms with Gasteiger partial charge in [-0.15, -0.1) is 0 Å². The highest BCUT2D eigenvalue weighted by Crippen LogP contribution is 2.42. The van der Waals surface area contributed by atoms with Gasteiger partial charge in [-0.05, 0) is 17.7 Å². The fourth-order valence-corrected chi connectivity index (χ4v) is 3.94. The molecule has 0 aliphatic carbocycles. The molecule has 3 rings (SSSR count). The average molecular weight is 350 g/mol. The SMILES string of the molecule is COCCN1C[C@@H]2CN(C(=O)Cc3ccc(F)cc3)C[C@]2(C(=O)O)C1. The highest BCUT2D eigenvalue weighted by molar-refractivity contribution is 5.83. The minimum absolute atomic E-state index is 0.0703. The molecule has 0 unspecified atom stereocenters. The summed E-state index contributed by atoms with van der Waals surface area (Å²) in [5.41, 5.74) is -0.166. The molecule has 2 aliphatic heterocycles. The highest BCUT2D eigenvalue weighted by Gasteiger charge is 2.58. The maximum Gasteiger partial charge on any atom is 0.313 e. The fraction of sp³-hybridized carbons (Fsp3) is 0.556. The quantitative estimate of drug-likeness (QED) is 0.824. The monoisotopic (exact) mass is 350 g/mol. The first-order valence-electron chi connectivity index (χ1n) is 8.41. The van der Waals surface area contributed by atoms with Crippen molar-refractivity contribution in [3.05, 3.63) is 35.6 Å². The van der Waals surface area contributed by atoms with Crippen LogP contribution in [0.3, 0.4) is 0 Å². The molecule has 2 saturated heterocycles. The summed E-state index contributed by atoms with van der Waals surface area (Å²) in [5.74, 6) is -1.36. The Kier molecular flexibility index (Phi) is 5.06. The summed E-state index contributed by atoms with van der Waals surface area (Å²) in [7, 11) is 1.62. The Bertz CT molecular complexity index is 651. The molecule has 0 bridgehead atoms. The Morgan fingerprint density at radius 2 is 2.00 bits per heavy atom. The molecule has 0 aromatic heterocycles. The largest absolute Gasteiger partial charge is 0.481 e. The predicted molar refractivity (Wildman–Crippen MR) is 88.6 cm³/mol. The Hall–Kier alpha value is -1.99. The molecule has 136 valence electrons. The Morgan fingerprint density at radius 1 is 1.28 bits per heavy atom. The van der Waals surface area contributed by atoms with Crippen LogP contribution in [0.1, 0.15) is 5.56 Å². The van der Waals surface area contributed by atoms with Gasteiger partial charge in [0, 0.05) is 45.8 Å². The van der Waals surface area contributed by atoms with E-state index in [1.807, 2.05) is 0 Å². The van der Waals surface area contributed by atoms with Gasteiger partial charge in [-0.25, -0.2) is 4.39 Å². The lowest BCUT2D eigenvalue weighted by Gasteiger charge is -2.25. The summed E-state index contributed by atoms with van der Waals surface area (Å²) in [4.78, 5) is 28.3. The van der Waals surface area contributed by atoms with Crippen molar-refractivity contribution in [3.63, 3.8) is 0 Å². The fourth-order valence-electron chi connectivity index (χ4n) is 3.94. The number of carboxylic acid groups (broad SMARTS) is 1. The number of aliphatic carboxylic acids is 1.